The van der Waals surface area contributed by atoms with Gasteiger partial charge in [0, 0.05) is 29.8 Å². The highest BCUT2D eigenvalue weighted by Crippen LogP contribution is 2.27. The lowest BCUT2D eigenvalue weighted by Crippen LogP contribution is -2.25. The molecule has 0 aliphatic carbocycles. The summed E-state index contributed by atoms with van der Waals surface area (Å²) >= 11 is 1.66. The molecule has 0 aliphatic rings. The summed E-state index contributed by atoms with van der Waals surface area (Å²) in [4.78, 5) is 12.3. The molecule has 6 nitrogen and oxygen atoms in total. The standard InChI is InChI=1S/C22H23FN6S/c1-4-14-10-17-15(5-8-30-17)9-16(14)11-18-26-19-20(24)27-22(23)28-21(19)29(18)7-6-25-12-13(2)3/h1,5,8-10,13,25H,6-7,11-12H2,2-3H3,(H2,24,27,28). The number of imidazole rings is 1. The lowest BCUT2D eigenvalue weighted by molar-refractivity contribution is 0.517. The van der Waals surface area contributed by atoms with Crippen LogP contribution in [0.3, 0.4) is 0 Å². The highest BCUT2D eigenvalue weighted by Gasteiger charge is 2.18. The Morgan fingerprint density at radius 3 is 2.90 bits per heavy atom. The number of halogens is 1. The van der Waals surface area contributed by atoms with E-state index in [9.17, 15) is 4.39 Å². The van der Waals surface area contributed by atoms with Gasteiger partial charge in [0.2, 0.25) is 0 Å². The van der Waals surface area contributed by atoms with Crippen LogP contribution in [-0.2, 0) is 13.0 Å². The van der Waals surface area contributed by atoms with Crippen molar-refractivity contribution in [1.29, 1.82) is 0 Å². The summed E-state index contributed by atoms with van der Waals surface area (Å²) in [5.41, 5.74) is 8.56. The van der Waals surface area contributed by atoms with Crippen LogP contribution in [0.5, 0.6) is 0 Å². The van der Waals surface area contributed by atoms with E-state index < -0.39 is 6.08 Å². The highest BCUT2D eigenvalue weighted by atomic mass is 32.1. The first kappa shape index (κ1) is 20.3. The van der Waals surface area contributed by atoms with Crippen LogP contribution in [0.4, 0.5) is 10.2 Å². The molecular formula is C22H23FN6S. The summed E-state index contributed by atoms with van der Waals surface area (Å²) in [5.74, 6) is 4.09. The molecule has 0 fully saturated rings. The largest absolute Gasteiger partial charge is 0.382 e. The number of nitrogens with two attached hydrogens (primary N) is 1. The summed E-state index contributed by atoms with van der Waals surface area (Å²) in [6.45, 7) is 6.48. The fourth-order valence-corrected chi connectivity index (χ4v) is 4.31. The van der Waals surface area contributed by atoms with Gasteiger partial charge in [-0.1, -0.05) is 19.8 Å². The molecule has 0 saturated carbocycles. The van der Waals surface area contributed by atoms with E-state index in [4.69, 9.17) is 12.2 Å². The molecule has 0 bridgehead atoms. The van der Waals surface area contributed by atoms with Crippen molar-refractivity contribution in [3.8, 4) is 12.3 Å². The SMILES string of the molecule is C#Cc1cc2sccc2cc1Cc1nc2c(N)nc(F)nc2n1CCNCC(C)C. The number of nitrogens with zero attached hydrogens (tertiary/aromatic N) is 4. The molecule has 0 atom stereocenters. The Morgan fingerprint density at radius 1 is 1.30 bits per heavy atom. The van der Waals surface area contributed by atoms with E-state index in [-0.39, 0.29) is 5.82 Å². The molecular weight excluding hydrogens is 399 g/mol. The molecule has 0 amide bonds. The number of rotatable bonds is 7. The zero-order valence-electron chi connectivity index (χ0n) is 16.9. The quantitative estimate of drug-likeness (QED) is 0.270. The summed E-state index contributed by atoms with van der Waals surface area (Å²) in [5, 5.41) is 6.59. The van der Waals surface area contributed by atoms with Gasteiger partial charge in [0.05, 0.1) is 0 Å². The van der Waals surface area contributed by atoms with Crippen molar-refractivity contribution in [1.82, 2.24) is 24.8 Å². The van der Waals surface area contributed by atoms with Crippen molar-refractivity contribution in [2.45, 2.75) is 26.8 Å². The van der Waals surface area contributed by atoms with Gasteiger partial charge in [-0.2, -0.15) is 14.4 Å². The van der Waals surface area contributed by atoms with E-state index in [2.05, 4.69) is 52.2 Å². The molecule has 0 unspecified atom stereocenters. The Balaban J connectivity index is 1.75. The normalized spacial score (nSPS) is 11.6. The summed E-state index contributed by atoms with van der Waals surface area (Å²) in [6.07, 6.45) is 5.41. The molecule has 3 heterocycles. The van der Waals surface area contributed by atoms with Crippen LogP contribution in [0, 0.1) is 24.3 Å². The van der Waals surface area contributed by atoms with Gasteiger partial charge in [-0.05, 0) is 47.0 Å². The van der Waals surface area contributed by atoms with Crippen LogP contribution in [0.15, 0.2) is 23.6 Å². The van der Waals surface area contributed by atoms with E-state index in [0.717, 1.165) is 33.6 Å². The molecule has 0 aliphatic heterocycles. The second-order valence-electron chi connectivity index (χ2n) is 7.62. The van der Waals surface area contributed by atoms with Crippen LogP contribution in [0.2, 0.25) is 0 Å². The molecule has 3 aromatic heterocycles. The van der Waals surface area contributed by atoms with Gasteiger partial charge in [0.1, 0.15) is 5.82 Å². The molecule has 4 aromatic rings. The van der Waals surface area contributed by atoms with E-state index in [1.165, 1.54) is 0 Å². The maximum absolute atomic E-state index is 13.9. The Morgan fingerprint density at radius 2 is 2.13 bits per heavy atom. The Bertz CT molecular complexity index is 1250. The van der Waals surface area contributed by atoms with Gasteiger partial charge < -0.3 is 15.6 Å². The number of nitrogen functional groups attached to an aromatic ring is 1. The summed E-state index contributed by atoms with van der Waals surface area (Å²) < 4.78 is 16.9. The molecule has 0 saturated heterocycles. The molecule has 0 spiro atoms. The van der Waals surface area contributed by atoms with Gasteiger partial charge in [-0.25, -0.2) is 4.98 Å². The number of nitrogens with one attached hydrogen (secondary N) is 1. The van der Waals surface area contributed by atoms with Gasteiger partial charge in [0.25, 0.3) is 0 Å². The molecule has 0 radical (unpaired) electrons. The molecule has 1 aromatic carbocycles. The third-order valence-electron chi connectivity index (χ3n) is 4.92. The molecule has 30 heavy (non-hydrogen) atoms. The topological polar surface area (TPSA) is 81.7 Å². The molecule has 154 valence electrons. The molecule has 4 rings (SSSR count). The average molecular weight is 423 g/mol. The Kier molecular flexibility index (Phi) is 5.66. The van der Waals surface area contributed by atoms with Crippen LogP contribution in [-0.4, -0.2) is 32.6 Å². The molecule has 3 N–H and O–H groups in total. The van der Waals surface area contributed by atoms with Crippen LogP contribution in [0.1, 0.15) is 30.8 Å². The van der Waals surface area contributed by atoms with Gasteiger partial charge in [-0.3, -0.25) is 0 Å². The van der Waals surface area contributed by atoms with E-state index >= 15 is 0 Å². The number of hydrogen-bond acceptors (Lipinski definition) is 6. The van der Waals surface area contributed by atoms with Gasteiger partial charge in [-0.15, -0.1) is 17.8 Å². The van der Waals surface area contributed by atoms with Crippen LogP contribution in [0.25, 0.3) is 21.3 Å². The average Bonchev–Trinajstić information content (AvgIpc) is 3.29. The second-order valence-corrected chi connectivity index (χ2v) is 8.56. The zero-order valence-corrected chi connectivity index (χ0v) is 17.8. The zero-order chi connectivity index (χ0) is 21.3. The fraction of sp³-hybridized carbons (Fsp3) is 0.318. The maximum Gasteiger partial charge on any atom is 0.312 e. The van der Waals surface area contributed by atoms with Crippen molar-refractivity contribution in [2.75, 3.05) is 18.8 Å². The Hall–Kier alpha value is -3.02. The number of fused-ring (bicyclic) bond motifs is 2. The van der Waals surface area contributed by atoms with Crippen molar-refractivity contribution in [3.63, 3.8) is 0 Å². The second kappa shape index (κ2) is 8.38. The number of hydrogen-bond donors (Lipinski definition) is 2. The van der Waals surface area contributed by atoms with Crippen molar-refractivity contribution >= 4 is 38.4 Å². The van der Waals surface area contributed by atoms with Crippen molar-refractivity contribution in [3.05, 3.63) is 46.6 Å². The Labute approximate surface area is 178 Å². The van der Waals surface area contributed by atoms with Gasteiger partial charge in [0.15, 0.2) is 17.0 Å². The number of benzene rings is 1. The minimum atomic E-state index is -0.855. The third kappa shape index (κ3) is 3.99. The van der Waals surface area contributed by atoms with Crippen LogP contribution < -0.4 is 11.1 Å². The van der Waals surface area contributed by atoms with Crippen molar-refractivity contribution in [2.24, 2.45) is 5.92 Å². The van der Waals surface area contributed by atoms with Crippen molar-refractivity contribution < 1.29 is 4.39 Å². The van der Waals surface area contributed by atoms with Crippen LogP contribution >= 0.6 is 11.3 Å². The predicted molar refractivity (Wildman–Crippen MR) is 120 cm³/mol. The van der Waals surface area contributed by atoms with E-state index in [0.29, 0.717) is 36.6 Å². The van der Waals surface area contributed by atoms with Gasteiger partial charge >= 0.3 is 6.08 Å². The smallest absolute Gasteiger partial charge is 0.312 e. The lowest BCUT2D eigenvalue weighted by Gasteiger charge is -2.12. The van der Waals surface area contributed by atoms with E-state index in [1.807, 2.05) is 16.0 Å². The minimum Gasteiger partial charge on any atom is -0.382 e. The number of anilines is 1. The lowest BCUT2D eigenvalue weighted by atomic mass is 10.0. The monoisotopic (exact) mass is 422 g/mol. The minimum absolute atomic E-state index is 0.0399. The number of terminal acetylenes is 1. The summed E-state index contributed by atoms with van der Waals surface area (Å²) in [6, 6.07) is 6.19. The summed E-state index contributed by atoms with van der Waals surface area (Å²) in [7, 11) is 0. The molecule has 8 heteroatoms. The predicted octanol–water partition coefficient (Wildman–Crippen LogP) is 3.58. The fourth-order valence-electron chi connectivity index (χ4n) is 3.50. The first-order chi connectivity index (χ1) is 14.5. The number of aromatic nitrogens is 4. The maximum atomic E-state index is 13.9. The first-order valence-corrected chi connectivity index (χ1v) is 10.7. The number of thiophene rings is 1. The van der Waals surface area contributed by atoms with E-state index in [1.54, 1.807) is 11.3 Å². The highest BCUT2D eigenvalue weighted by molar-refractivity contribution is 7.17. The first-order valence-electron chi connectivity index (χ1n) is 9.82. The third-order valence-corrected chi connectivity index (χ3v) is 5.80.